The average Bonchev–Trinajstić information content (AvgIpc) is 2.07. The fraction of sp³-hybridized carbons (Fsp3) is 0.333. The van der Waals surface area contributed by atoms with Gasteiger partial charge in [-0.05, 0) is 48.6 Å². The van der Waals surface area contributed by atoms with Gasteiger partial charge in [0.2, 0.25) is 0 Å². The van der Waals surface area contributed by atoms with Crippen molar-refractivity contribution in [2.24, 2.45) is 0 Å². The predicted octanol–water partition coefficient (Wildman–Crippen LogP) is 3.14. The summed E-state index contributed by atoms with van der Waals surface area (Å²) < 4.78 is 19.1. The molecule has 0 saturated carbocycles. The Morgan fingerprint density at radius 2 is 2.17 bits per heavy atom. The summed E-state index contributed by atoms with van der Waals surface area (Å²) in [5.41, 5.74) is 0.654. The second kappa shape index (κ2) is 4.07. The molecule has 1 aromatic carbocycles. The molecule has 0 unspecified atom stereocenters. The van der Waals surface area contributed by atoms with E-state index in [-0.39, 0.29) is 5.82 Å². The summed E-state index contributed by atoms with van der Waals surface area (Å²) in [4.78, 5) is 0. The Morgan fingerprint density at radius 3 is 2.75 bits per heavy atom. The molecule has 0 fully saturated rings. The minimum Gasteiger partial charge on any atom is -0.493 e. The number of rotatable bonds is 2. The maximum atomic E-state index is 12.9. The minimum absolute atomic E-state index is 0.178. The van der Waals surface area contributed by atoms with Crippen LogP contribution < -0.4 is 4.74 Å². The monoisotopic (exact) mass is 280 g/mol. The van der Waals surface area contributed by atoms with E-state index in [0.29, 0.717) is 12.2 Å². The van der Waals surface area contributed by atoms with E-state index >= 15 is 0 Å². The van der Waals surface area contributed by atoms with Gasteiger partial charge in [-0.15, -0.1) is 0 Å². The van der Waals surface area contributed by atoms with Crippen molar-refractivity contribution in [3.63, 3.8) is 0 Å². The SMILES string of the molecule is CCOc1ccc(F)c(C)c1I. The van der Waals surface area contributed by atoms with Gasteiger partial charge < -0.3 is 4.74 Å². The molecule has 0 aromatic heterocycles. The van der Waals surface area contributed by atoms with Gasteiger partial charge in [-0.1, -0.05) is 0 Å². The quantitative estimate of drug-likeness (QED) is 0.756. The number of ether oxygens (including phenoxy) is 1. The van der Waals surface area contributed by atoms with Crippen molar-refractivity contribution >= 4 is 22.6 Å². The van der Waals surface area contributed by atoms with Gasteiger partial charge in [0.1, 0.15) is 11.6 Å². The summed E-state index contributed by atoms with van der Waals surface area (Å²) in [6, 6.07) is 3.09. The van der Waals surface area contributed by atoms with Crippen molar-refractivity contribution in [3.8, 4) is 5.75 Å². The Bertz CT molecular complexity index is 286. The fourth-order valence-electron chi connectivity index (χ4n) is 0.904. The van der Waals surface area contributed by atoms with E-state index in [1.165, 1.54) is 6.07 Å². The van der Waals surface area contributed by atoms with Gasteiger partial charge in [0.05, 0.1) is 10.2 Å². The van der Waals surface area contributed by atoms with E-state index in [0.717, 1.165) is 9.32 Å². The molecular formula is C9H10FIO. The van der Waals surface area contributed by atoms with Gasteiger partial charge in [-0.3, -0.25) is 0 Å². The van der Waals surface area contributed by atoms with E-state index in [1.807, 2.05) is 6.92 Å². The molecule has 0 radical (unpaired) electrons. The lowest BCUT2D eigenvalue weighted by atomic mass is 10.2. The molecule has 0 atom stereocenters. The topological polar surface area (TPSA) is 9.23 Å². The molecule has 0 aliphatic rings. The van der Waals surface area contributed by atoms with Crippen molar-refractivity contribution in [2.75, 3.05) is 6.61 Å². The first-order chi connectivity index (χ1) is 5.66. The highest BCUT2D eigenvalue weighted by molar-refractivity contribution is 14.1. The highest BCUT2D eigenvalue weighted by Crippen LogP contribution is 2.25. The van der Waals surface area contributed by atoms with E-state index in [4.69, 9.17) is 4.74 Å². The molecule has 0 saturated heterocycles. The normalized spacial score (nSPS) is 10.0. The molecule has 0 bridgehead atoms. The van der Waals surface area contributed by atoms with E-state index < -0.39 is 0 Å². The molecule has 0 amide bonds. The van der Waals surface area contributed by atoms with Crippen LogP contribution in [0.5, 0.6) is 5.75 Å². The van der Waals surface area contributed by atoms with Crippen molar-refractivity contribution in [2.45, 2.75) is 13.8 Å². The lowest BCUT2D eigenvalue weighted by molar-refractivity contribution is 0.336. The first-order valence-corrected chi connectivity index (χ1v) is 4.82. The summed E-state index contributed by atoms with van der Waals surface area (Å²) in [5, 5.41) is 0. The van der Waals surface area contributed by atoms with Crippen LogP contribution in [0.1, 0.15) is 12.5 Å². The number of benzene rings is 1. The molecular weight excluding hydrogens is 270 g/mol. The first kappa shape index (κ1) is 9.77. The van der Waals surface area contributed by atoms with Crippen molar-refractivity contribution in [1.29, 1.82) is 0 Å². The van der Waals surface area contributed by atoms with Crippen LogP contribution in [-0.2, 0) is 0 Å². The molecule has 0 aliphatic heterocycles. The maximum absolute atomic E-state index is 12.9. The van der Waals surface area contributed by atoms with Crippen LogP contribution >= 0.6 is 22.6 Å². The highest BCUT2D eigenvalue weighted by atomic mass is 127. The lowest BCUT2D eigenvalue weighted by Crippen LogP contribution is -1.96. The zero-order valence-corrected chi connectivity index (χ0v) is 9.18. The molecule has 1 aromatic rings. The molecule has 1 rings (SSSR count). The third kappa shape index (κ3) is 1.88. The Labute approximate surface area is 85.1 Å². The summed E-state index contributed by atoms with van der Waals surface area (Å²) in [6.07, 6.45) is 0. The number of hydrogen-bond donors (Lipinski definition) is 0. The third-order valence-electron chi connectivity index (χ3n) is 1.58. The summed E-state index contributed by atoms with van der Waals surface area (Å²) >= 11 is 2.09. The third-order valence-corrected chi connectivity index (χ3v) is 2.93. The minimum atomic E-state index is -0.178. The largest absolute Gasteiger partial charge is 0.493 e. The van der Waals surface area contributed by atoms with Crippen molar-refractivity contribution < 1.29 is 9.13 Å². The van der Waals surface area contributed by atoms with Crippen LogP contribution in [0.2, 0.25) is 0 Å². The van der Waals surface area contributed by atoms with Crippen LogP contribution in [0, 0.1) is 16.3 Å². The van der Waals surface area contributed by atoms with Gasteiger partial charge in [-0.2, -0.15) is 0 Å². The second-order valence-corrected chi connectivity index (χ2v) is 3.50. The van der Waals surface area contributed by atoms with Crippen LogP contribution in [0.25, 0.3) is 0 Å². The van der Waals surface area contributed by atoms with Crippen LogP contribution in [-0.4, -0.2) is 6.61 Å². The van der Waals surface area contributed by atoms with Gasteiger partial charge in [0, 0.05) is 5.56 Å². The molecule has 0 spiro atoms. The molecule has 3 heteroatoms. The van der Waals surface area contributed by atoms with Gasteiger partial charge >= 0.3 is 0 Å². The molecule has 0 N–H and O–H groups in total. The zero-order valence-electron chi connectivity index (χ0n) is 7.03. The fourth-order valence-corrected chi connectivity index (χ4v) is 1.50. The second-order valence-electron chi connectivity index (χ2n) is 2.42. The van der Waals surface area contributed by atoms with Crippen LogP contribution in [0.15, 0.2) is 12.1 Å². The standard InChI is InChI=1S/C9H10FIO/c1-3-12-8-5-4-7(10)6(2)9(8)11/h4-5H,3H2,1-2H3. The smallest absolute Gasteiger partial charge is 0.133 e. The summed E-state index contributed by atoms with van der Waals surface area (Å²) in [7, 11) is 0. The first-order valence-electron chi connectivity index (χ1n) is 3.74. The Hall–Kier alpha value is -0.320. The predicted molar refractivity (Wildman–Crippen MR) is 55.0 cm³/mol. The Kier molecular flexibility index (Phi) is 3.31. The Balaban J connectivity index is 3.08. The Morgan fingerprint density at radius 1 is 1.50 bits per heavy atom. The molecule has 12 heavy (non-hydrogen) atoms. The molecule has 66 valence electrons. The van der Waals surface area contributed by atoms with Gasteiger partial charge in [0.25, 0.3) is 0 Å². The zero-order chi connectivity index (χ0) is 9.14. The van der Waals surface area contributed by atoms with Gasteiger partial charge in [0.15, 0.2) is 0 Å². The molecule has 1 nitrogen and oxygen atoms in total. The maximum Gasteiger partial charge on any atom is 0.133 e. The van der Waals surface area contributed by atoms with Gasteiger partial charge in [-0.25, -0.2) is 4.39 Å². The summed E-state index contributed by atoms with van der Waals surface area (Å²) in [5.74, 6) is 0.583. The lowest BCUT2D eigenvalue weighted by Gasteiger charge is -2.07. The number of halogens is 2. The molecule has 0 heterocycles. The van der Waals surface area contributed by atoms with Crippen LogP contribution in [0.4, 0.5) is 4.39 Å². The van der Waals surface area contributed by atoms with Crippen molar-refractivity contribution in [3.05, 3.63) is 27.1 Å². The van der Waals surface area contributed by atoms with Crippen LogP contribution in [0.3, 0.4) is 0 Å². The van der Waals surface area contributed by atoms with E-state index in [9.17, 15) is 4.39 Å². The number of hydrogen-bond acceptors (Lipinski definition) is 1. The summed E-state index contributed by atoms with van der Waals surface area (Å²) in [6.45, 7) is 4.27. The van der Waals surface area contributed by atoms with E-state index in [1.54, 1.807) is 13.0 Å². The molecule has 0 aliphatic carbocycles. The highest BCUT2D eigenvalue weighted by Gasteiger charge is 2.07. The average molecular weight is 280 g/mol. The van der Waals surface area contributed by atoms with Crippen molar-refractivity contribution in [1.82, 2.24) is 0 Å². The van der Waals surface area contributed by atoms with E-state index in [2.05, 4.69) is 22.6 Å².